The van der Waals surface area contributed by atoms with Crippen LogP contribution in [-0.4, -0.2) is 14.7 Å². The molecule has 3 nitrogen and oxygen atoms in total. The molecule has 0 spiro atoms. The van der Waals surface area contributed by atoms with Crippen LogP contribution in [0.25, 0.3) is 0 Å². The van der Waals surface area contributed by atoms with Gasteiger partial charge in [-0.3, -0.25) is 0 Å². The summed E-state index contributed by atoms with van der Waals surface area (Å²) in [6.45, 7) is 0.664. The maximum atomic E-state index is 11.7. The van der Waals surface area contributed by atoms with Crippen molar-refractivity contribution in [3.05, 3.63) is 118 Å². The molecular weight excluding hydrogens is 447 g/mol. The van der Waals surface area contributed by atoms with Gasteiger partial charge in [0.25, 0.3) is 0 Å². The van der Waals surface area contributed by atoms with Gasteiger partial charge in [0.15, 0.2) is 0 Å². The highest BCUT2D eigenvalue weighted by atomic mass is 35.5. The zero-order valence-electron chi connectivity index (χ0n) is 16.8. The zero-order valence-corrected chi connectivity index (χ0v) is 19.1. The van der Waals surface area contributed by atoms with Gasteiger partial charge in [-0.05, 0) is 41.0 Å². The van der Waals surface area contributed by atoms with E-state index in [0.29, 0.717) is 23.0 Å². The number of thioether (sulfide) groups is 1. The minimum atomic E-state index is -1.09. The summed E-state index contributed by atoms with van der Waals surface area (Å²) < 4.78 is 1.98. The van der Waals surface area contributed by atoms with Crippen LogP contribution in [0.1, 0.15) is 23.1 Å². The summed E-state index contributed by atoms with van der Waals surface area (Å²) in [6, 6.07) is 23.5. The molecule has 31 heavy (non-hydrogen) atoms. The molecular formula is C25H22Cl2N2OS. The SMILES string of the molecule is OC(CCn1ccnc1)(c1ccccc1)c1ccc(SCc2ccc(Cl)cc2Cl)cc1. The fourth-order valence-corrected chi connectivity index (χ4v) is 4.96. The number of imidazole rings is 1. The van der Waals surface area contributed by atoms with Gasteiger partial charge in [-0.25, -0.2) is 4.98 Å². The van der Waals surface area contributed by atoms with Gasteiger partial charge in [-0.1, -0.05) is 71.7 Å². The maximum Gasteiger partial charge on any atom is 0.116 e. The van der Waals surface area contributed by atoms with Gasteiger partial charge in [0, 0.05) is 46.1 Å². The van der Waals surface area contributed by atoms with Crippen LogP contribution in [0, 0.1) is 0 Å². The van der Waals surface area contributed by atoms with E-state index >= 15 is 0 Å². The number of aliphatic hydroxyl groups is 1. The standard InChI is InChI=1S/C25H22Cl2N2OS/c26-22-9-6-19(24(27)16-22)17-31-23-10-7-21(8-11-23)25(30,20-4-2-1-3-5-20)12-14-29-15-13-28-18-29/h1-11,13,15-16,18,30H,12,14,17H2. The lowest BCUT2D eigenvalue weighted by molar-refractivity contribution is 0.0659. The highest BCUT2D eigenvalue weighted by Crippen LogP contribution is 2.35. The Balaban J connectivity index is 1.53. The lowest BCUT2D eigenvalue weighted by Crippen LogP contribution is -2.29. The minimum Gasteiger partial charge on any atom is -0.380 e. The summed E-state index contributed by atoms with van der Waals surface area (Å²) in [6.07, 6.45) is 5.97. The summed E-state index contributed by atoms with van der Waals surface area (Å²) in [5, 5.41) is 13.1. The van der Waals surface area contributed by atoms with Gasteiger partial charge in [0.05, 0.1) is 6.33 Å². The first-order valence-corrected chi connectivity index (χ1v) is 11.7. The van der Waals surface area contributed by atoms with Crippen LogP contribution in [0.3, 0.4) is 0 Å². The van der Waals surface area contributed by atoms with Crippen molar-refractivity contribution in [3.63, 3.8) is 0 Å². The van der Waals surface area contributed by atoms with Crippen LogP contribution in [0.4, 0.5) is 0 Å². The van der Waals surface area contributed by atoms with E-state index < -0.39 is 5.60 Å². The molecule has 0 fully saturated rings. The van der Waals surface area contributed by atoms with Gasteiger partial charge < -0.3 is 9.67 Å². The Morgan fingerprint density at radius 2 is 1.68 bits per heavy atom. The van der Waals surface area contributed by atoms with E-state index in [-0.39, 0.29) is 0 Å². The van der Waals surface area contributed by atoms with E-state index in [1.54, 1.807) is 30.4 Å². The molecule has 0 saturated heterocycles. The van der Waals surface area contributed by atoms with E-state index in [2.05, 4.69) is 17.1 Å². The van der Waals surface area contributed by atoms with Crippen molar-refractivity contribution in [3.8, 4) is 0 Å². The third kappa shape index (κ3) is 5.34. The highest BCUT2D eigenvalue weighted by Gasteiger charge is 2.31. The van der Waals surface area contributed by atoms with Crippen LogP contribution < -0.4 is 0 Å². The zero-order chi connectivity index (χ0) is 21.7. The first-order valence-electron chi connectivity index (χ1n) is 9.95. The first kappa shape index (κ1) is 22.0. The second-order valence-electron chi connectivity index (χ2n) is 7.33. The number of hydrogen-bond donors (Lipinski definition) is 1. The molecule has 0 bridgehead atoms. The molecule has 0 aliphatic heterocycles. The average molecular weight is 469 g/mol. The van der Waals surface area contributed by atoms with Crippen LogP contribution in [0.5, 0.6) is 0 Å². The molecule has 1 N–H and O–H groups in total. The fraction of sp³-hybridized carbons (Fsp3) is 0.160. The lowest BCUT2D eigenvalue weighted by Gasteiger charge is -2.30. The summed E-state index contributed by atoms with van der Waals surface area (Å²) in [7, 11) is 0. The predicted molar refractivity (Wildman–Crippen MR) is 129 cm³/mol. The van der Waals surface area contributed by atoms with Crippen LogP contribution in [-0.2, 0) is 17.9 Å². The third-order valence-corrected chi connectivity index (χ3v) is 6.93. The monoisotopic (exact) mass is 468 g/mol. The van der Waals surface area contributed by atoms with Crippen molar-refractivity contribution < 1.29 is 5.11 Å². The first-order chi connectivity index (χ1) is 15.0. The Kier molecular flexibility index (Phi) is 7.03. The van der Waals surface area contributed by atoms with E-state index in [1.165, 1.54) is 0 Å². The number of hydrogen-bond acceptors (Lipinski definition) is 3. The molecule has 158 valence electrons. The number of halogens is 2. The Labute approximate surface area is 196 Å². The summed E-state index contributed by atoms with van der Waals surface area (Å²) in [5.41, 5.74) is 1.70. The molecule has 0 amide bonds. The fourth-order valence-electron chi connectivity index (χ4n) is 3.51. The molecule has 6 heteroatoms. The average Bonchev–Trinajstić information content (AvgIpc) is 3.32. The van der Waals surface area contributed by atoms with E-state index in [4.69, 9.17) is 23.2 Å². The van der Waals surface area contributed by atoms with Gasteiger partial charge in [0.1, 0.15) is 5.60 Å². The van der Waals surface area contributed by atoms with E-state index in [0.717, 1.165) is 27.3 Å². The van der Waals surface area contributed by atoms with Crippen molar-refractivity contribution >= 4 is 35.0 Å². The Morgan fingerprint density at radius 1 is 0.935 bits per heavy atom. The van der Waals surface area contributed by atoms with Crippen molar-refractivity contribution in [2.45, 2.75) is 29.2 Å². The molecule has 1 atom stereocenters. The molecule has 0 radical (unpaired) electrons. The number of aryl methyl sites for hydroxylation is 1. The largest absolute Gasteiger partial charge is 0.380 e. The number of rotatable bonds is 8. The Hall–Kier alpha value is -2.24. The molecule has 1 unspecified atom stereocenters. The maximum absolute atomic E-state index is 11.7. The van der Waals surface area contributed by atoms with Crippen molar-refractivity contribution in [1.29, 1.82) is 0 Å². The molecule has 3 aromatic carbocycles. The second-order valence-corrected chi connectivity index (χ2v) is 9.22. The van der Waals surface area contributed by atoms with E-state index in [9.17, 15) is 5.11 Å². The van der Waals surface area contributed by atoms with Gasteiger partial charge >= 0.3 is 0 Å². The normalized spacial score (nSPS) is 13.1. The molecule has 1 heterocycles. The predicted octanol–water partition coefficient (Wildman–Crippen LogP) is 6.81. The second kappa shape index (κ2) is 9.92. The van der Waals surface area contributed by atoms with Gasteiger partial charge in [0.2, 0.25) is 0 Å². The number of nitrogens with zero attached hydrogens (tertiary/aromatic N) is 2. The Morgan fingerprint density at radius 3 is 2.35 bits per heavy atom. The Bertz CT molecular complexity index is 1120. The van der Waals surface area contributed by atoms with Gasteiger partial charge in [-0.15, -0.1) is 11.8 Å². The molecule has 0 aliphatic rings. The highest BCUT2D eigenvalue weighted by molar-refractivity contribution is 7.98. The number of benzene rings is 3. The lowest BCUT2D eigenvalue weighted by atomic mass is 9.83. The minimum absolute atomic E-state index is 0.542. The molecule has 0 aliphatic carbocycles. The summed E-state index contributed by atoms with van der Waals surface area (Å²) >= 11 is 14.0. The van der Waals surface area contributed by atoms with Gasteiger partial charge in [-0.2, -0.15) is 0 Å². The molecule has 4 rings (SSSR count). The topological polar surface area (TPSA) is 38.0 Å². The van der Waals surface area contributed by atoms with Crippen LogP contribution >= 0.6 is 35.0 Å². The van der Waals surface area contributed by atoms with Crippen LogP contribution in [0.15, 0.2) is 96.4 Å². The molecule has 1 aromatic heterocycles. The van der Waals surface area contributed by atoms with Crippen molar-refractivity contribution in [2.24, 2.45) is 0 Å². The summed E-state index contributed by atoms with van der Waals surface area (Å²) in [5.74, 6) is 0.749. The summed E-state index contributed by atoms with van der Waals surface area (Å²) in [4.78, 5) is 5.21. The molecule has 0 saturated carbocycles. The number of aromatic nitrogens is 2. The van der Waals surface area contributed by atoms with E-state index in [1.807, 2.05) is 65.4 Å². The van der Waals surface area contributed by atoms with Crippen molar-refractivity contribution in [2.75, 3.05) is 0 Å². The third-order valence-electron chi connectivity index (χ3n) is 5.28. The smallest absolute Gasteiger partial charge is 0.116 e. The van der Waals surface area contributed by atoms with Crippen molar-refractivity contribution in [1.82, 2.24) is 9.55 Å². The quantitative estimate of drug-likeness (QED) is 0.288. The molecule has 4 aromatic rings. The van der Waals surface area contributed by atoms with Crippen LogP contribution in [0.2, 0.25) is 10.0 Å².